The number of carbonyl (C=O) groups is 1. The number of benzene rings is 3. The van der Waals surface area contributed by atoms with Crippen molar-refractivity contribution < 1.29 is 9.53 Å². The molecule has 0 spiro atoms. The summed E-state index contributed by atoms with van der Waals surface area (Å²) in [7, 11) is 0. The molecule has 1 N–H and O–H groups in total. The third kappa shape index (κ3) is 4.80. The highest BCUT2D eigenvalue weighted by molar-refractivity contribution is 6.05. The van der Waals surface area contributed by atoms with E-state index >= 15 is 0 Å². The second-order valence-corrected chi connectivity index (χ2v) is 8.25. The van der Waals surface area contributed by atoms with Crippen LogP contribution in [0.4, 0.5) is 5.69 Å². The topological polar surface area (TPSA) is 69.0 Å². The van der Waals surface area contributed by atoms with Gasteiger partial charge in [0.05, 0.1) is 11.8 Å². The van der Waals surface area contributed by atoms with Gasteiger partial charge in [0.25, 0.3) is 5.91 Å². The molecule has 1 atom stereocenters. The maximum Gasteiger partial charge on any atom is 0.255 e. The number of hydrogen-bond donors (Lipinski definition) is 1. The largest absolute Gasteiger partial charge is 0.491 e. The Hall–Kier alpha value is -3.67. The van der Waals surface area contributed by atoms with Crippen LogP contribution in [-0.2, 0) is 0 Å². The fraction of sp³-hybridized carbons (Fsp3) is 0.269. The van der Waals surface area contributed by atoms with E-state index in [1.54, 1.807) is 16.9 Å². The lowest BCUT2D eigenvalue weighted by Gasteiger charge is -2.12. The number of rotatable bonds is 7. The monoisotopic (exact) mass is 428 g/mol. The maximum absolute atomic E-state index is 12.7. The number of carbonyl (C=O) groups excluding carboxylic acids is 1. The van der Waals surface area contributed by atoms with Gasteiger partial charge in [0.15, 0.2) is 0 Å². The second-order valence-electron chi connectivity index (χ2n) is 8.25. The van der Waals surface area contributed by atoms with Gasteiger partial charge >= 0.3 is 0 Å². The van der Waals surface area contributed by atoms with E-state index < -0.39 is 0 Å². The molecule has 0 bridgehead atoms. The van der Waals surface area contributed by atoms with Crippen molar-refractivity contribution in [3.05, 3.63) is 77.9 Å². The number of fused-ring (bicyclic) bond motifs is 1. The van der Waals surface area contributed by atoms with Gasteiger partial charge in [0.2, 0.25) is 0 Å². The molecule has 0 saturated carbocycles. The minimum Gasteiger partial charge on any atom is -0.491 e. The summed E-state index contributed by atoms with van der Waals surface area (Å²) in [6.45, 7) is 8.43. The van der Waals surface area contributed by atoms with Crippen LogP contribution in [-0.4, -0.2) is 27.0 Å². The Bertz CT molecular complexity index is 1210. The molecule has 4 aromatic rings. The van der Waals surface area contributed by atoms with Crippen molar-refractivity contribution in [3.8, 4) is 11.4 Å². The average molecular weight is 429 g/mol. The van der Waals surface area contributed by atoms with E-state index in [1.807, 2.05) is 49.4 Å². The molecular formula is C26H28N4O2. The van der Waals surface area contributed by atoms with Crippen LogP contribution in [0, 0.1) is 0 Å². The van der Waals surface area contributed by atoms with Gasteiger partial charge in [0, 0.05) is 11.3 Å². The van der Waals surface area contributed by atoms with E-state index in [-0.39, 0.29) is 12.0 Å². The smallest absolute Gasteiger partial charge is 0.255 e. The van der Waals surface area contributed by atoms with Crippen molar-refractivity contribution in [2.24, 2.45) is 0 Å². The number of ether oxygens (including phenoxy) is 1. The van der Waals surface area contributed by atoms with Gasteiger partial charge in [0.1, 0.15) is 16.8 Å². The number of amides is 1. The van der Waals surface area contributed by atoms with Crippen LogP contribution in [0.2, 0.25) is 0 Å². The molecule has 6 heteroatoms. The molecule has 0 aliphatic carbocycles. The maximum atomic E-state index is 12.7. The van der Waals surface area contributed by atoms with E-state index in [4.69, 9.17) is 4.74 Å². The predicted molar refractivity (Wildman–Crippen MR) is 128 cm³/mol. The second kappa shape index (κ2) is 9.22. The van der Waals surface area contributed by atoms with Crippen molar-refractivity contribution in [3.63, 3.8) is 0 Å². The molecule has 0 fully saturated rings. The normalized spacial score (nSPS) is 12.2. The Morgan fingerprint density at radius 3 is 2.28 bits per heavy atom. The van der Waals surface area contributed by atoms with E-state index in [0.29, 0.717) is 22.7 Å². The molecule has 3 aromatic carbocycles. The Kier molecular flexibility index (Phi) is 6.21. The molecule has 0 radical (unpaired) electrons. The molecule has 0 aliphatic heterocycles. The summed E-state index contributed by atoms with van der Waals surface area (Å²) in [5.41, 5.74) is 4.89. The number of aromatic nitrogens is 3. The Labute approximate surface area is 188 Å². The number of nitrogens with zero attached hydrogens (tertiary/aromatic N) is 3. The van der Waals surface area contributed by atoms with Gasteiger partial charge in [-0.1, -0.05) is 32.9 Å². The zero-order chi connectivity index (χ0) is 22.7. The standard InChI is InChI=1S/C26H28N4O2/c1-5-18(4)32-23-13-8-20(9-14-23)26(31)27-21-10-15-24-25(16-21)29-30(28-24)22-11-6-19(7-12-22)17(2)3/h6-18H,5H2,1-4H3,(H,27,31). The zero-order valence-electron chi connectivity index (χ0n) is 18.9. The summed E-state index contributed by atoms with van der Waals surface area (Å²) >= 11 is 0. The van der Waals surface area contributed by atoms with Gasteiger partial charge < -0.3 is 10.1 Å². The molecule has 6 nitrogen and oxygen atoms in total. The molecule has 0 saturated heterocycles. The fourth-order valence-corrected chi connectivity index (χ4v) is 3.30. The molecule has 0 aliphatic rings. The Morgan fingerprint density at radius 2 is 1.62 bits per heavy atom. The van der Waals surface area contributed by atoms with Gasteiger partial charge in [-0.05, 0) is 79.4 Å². The number of anilines is 1. The van der Waals surface area contributed by atoms with Crippen LogP contribution in [0.15, 0.2) is 66.7 Å². The molecule has 1 aromatic heterocycles. The summed E-state index contributed by atoms with van der Waals surface area (Å²) in [5.74, 6) is 1.05. The Morgan fingerprint density at radius 1 is 0.938 bits per heavy atom. The first-order valence-electron chi connectivity index (χ1n) is 11.0. The number of hydrogen-bond acceptors (Lipinski definition) is 4. The summed E-state index contributed by atoms with van der Waals surface area (Å²) in [4.78, 5) is 14.3. The number of nitrogens with one attached hydrogen (secondary N) is 1. The van der Waals surface area contributed by atoms with Gasteiger partial charge in [-0.3, -0.25) is 4.79 Å². The van der Waals surface area contributed by atoms with Gasteiger partial charge in [-0.25, -0.2) is 0 Å². The molecule has 1 unspecified atom stereocenters. The average Bonchev–Trinajstić information content (AvgIpc) is 3.23. The highest BCUT2D eigenvalue weighted by Crippen LogP contribution is 2.21. The van der Waals surface area contributed by atoms with Crippen molar-refractivity contribution in [1.82, 2.24) is 15.0 Å². The van der Waals surface area contributed by atoms with Crippen molar-refractivity contribution >= 4 is 22.6 Å². The predicted octanol–water partition coefficient (Wildman–Crippen LogP) is 5.97. The minimum absolute atomic E-state index is 0.142. The first-order valence-corrected chi connectivity index (χ1v) is 11.0. The van der Waals surface area contributed by atoms with Crippen molar-refractivity contribution in [1.29, 1.82) is 0 Å². The lowest BCUT2D eigenvalue weighted by Crippen LogP contribution is -2.12. The van der Waals surface area contributed by atoms with E-state index in [0.717, 1.165) is 23.4 Å². The summed E-state index contributed by atoms with van der Waals surface area (Å²) in [5, 5.41) is 12.1. The minimum atomic E-state index is -0.184. The molecule has 32 heavy (non-hydrogen) atoms. The van der Waals surface area contributed by atoms with Crippen LogP contribution in [0.5, 0.6) is 5.75 Å². The molecule has 4 rings (SSSR count). The lowest BCUT2D eigenvalue weighted by atomic mass is 10.0. The van der Waals surface area contributed by atoms with Gasteiger partial charge in [-0.2, -0.15) is 4.80 Å². The third-order valence-corrected chi connectivity index (χ3v) is 5.46. The van der Waals surface area contributed by atoms with Crippen LogP contribution in [0.25, 0.3) is 16.7 Å². The molecule has 1 heterocycles. The summed E-state index contributed by atoms with van der Waals surface area (Å²) in [6.07, 6.45) is 1.07. The van der Waals surface area contributed by atoms with Crippen LogP contribution in [0.3, 0.4) is 0 Å². The van der Waals surface area contributed by atoms with E-state index in [2.05, 4.69) is 48.4 Å². The first-order chi connectivity index (χ1) is 15.4. The third-order valence-electron chi connectivity index (χ3n) is 5.46. The van der Waals surface area contributed by atoms with Crippen LogP contribution in [0.1, 0.15) is 56.0 Å². The lowest BCUT2D eigenvalue weighted by molar-refractivity contribution is 0.102. The van der Waals surface area contributed by atoms with Crippen LogP contribution >= 0.6 is 0 Å². The molecule has 164 valence electrons. The first kappa shape index (κ1) is 21.6. The van der Waals surface area contributed by atoms with E-state index in [9.17, 15) is 4.79 Å². The zero-order valence-corrected chi connectivity index (χ0v) is 18.9. The van der Waals surface area contributed by atoms with Crippen molar-refractivity contribution in [2.45, 2.75) is 46.1 Å². The van der Waals surface area contributed by atoms with Crippen LogP contribution < -0.4 is 10.1 Å². The highest BCUT2D eigenvalue weighted by atomic mass is 16.5. The quantitative estimate of drug-likeness (QED) is 0.393. The molecular weight excluding hydrogens is 400 g/mol. The van der Waals surface area contributed by atoms with E-state index in [1.165, 1.54) is 5.56 Å². The summed E-state index contributed by atoms with van der Waals surface area (Å²) < 4.78 is 5.77. The van der Waals surface area contributed by atoms with Crippen molar-refractivity contribution in [2.75, 3.05) is 5.32 Å². The SMILES string of the molecule is CCC(C)Oc1ccc(C(=O)Nc2ccc3nn(-c4ccc(C(C)C)cc4)nc3c2)cc1. The highest BCUT2D eigenvalue weighted by Gasteiger charge is 2.10. The molecule has 1 amide bonds. The summed E-state index contributed by atoms with van der Waals surface area (Å²) in [6, 6.07) is 20.9. The Balaban J connectivity index is 1.48. The van der Waals surface area contributed by atoms with Gasteiger partial charge in [-0.15, -0.1) is 10.2 Å². The fourth-order valence-electron chi connectivity index (χ4n) is 3.30.